The second-order valence-corrected chi connectivity index (χ2v) is 4.34. The van der Waals surface area contributed by atoms with Crippen molar-refractivity contribution in [3.63, 3.8) is 0 Å². The first-order valence-corrected chi connectivity index (χ1v) is 6.50. The molecule has 0 bridgehead atoms. The van der Waals surface area contributed by atoms with Gasteiger partial charge >= 0.3 is 0 Å². The van der Waals surface area contributed by atoms with Crippen molar-refractivity contribution >= 4 is 0 Å². The molecule has 0 unspecified atom stereocenters. The number of nitrogens with zero attached hydrogens (tertiary/aromatic N) is 3. The minimum absolute atomic E-state index is 0.644. The van der Waals surface area contributed by atoms with E-state index in [4.69, 9.17) is 5.73 Å². The zero-order valence-electron chi connectivity index (χ0n) is 11.1. The highest BCUT2D eigenvalue weighted by atomic mass is 15.3. The van der Waals surface area contributed by atoms with Gasteiger partial charge in [0.1, 0.15) is 0 Å². The van der Waals surface area contributed by atoms with Crippen LogP contribution in [0.2, 0.25) is 0 Å². The quantitative estimate of drug-likeness (QED) is 0.874. The van der Waals surface area contributed by atoms with Crippen LogP contribution in [0.4, 0.5) is 0 Å². The van der Waals surface area contributed by atoms with Gasteiger partial charge < -0.3 is 5.73 Å². The van der Waals surface area contributed by atoms with Crippen LogP contribution < -0.4 is 5.73 Å². The molecule has 96 valence electrons. The molecule has 2 heterocycles. The predicted octanol–water partition coefficient (Wildman–Crippen LogP) is 1.89. The van der Waals surface area contributed by atoms with Crippen molar-refractivity contribution in [1.82, 2.24) is 14.8 Å². The fraction of sp³-hybridized carbons (Fsp3) is 0.429. The van der Waals surface area contributed by atoms with Crippen molar-refractivity contribution in [3.8, 4) is 5.69 Å². The maximum absolute atomic E-state index is 5.58. The first-order chi connectivity index (χ1) is 8.78. The predicted molar refractivity (Wildman–Crippen MR) is 72.9 cm³/mol. The molecule has 2 aromatic rings. The Morgan fingerprint density at radius 2 is 2.00 bits per heavy atom. The molecule has 0 atom stereocenters. The molecule has 0 saturated carbocycles. The number of aromatic nitrogens is 3. The Labute approximate surface area is 108 Å². The van der Waals surface area contributed by atoms with Crippen LogP contribution in [0, 0.1) is 0 Å². The average Bonchev–Trinajstić information content (AvgIpc) is 2.83. The third kappa shape index (κ3) is 2.59. The van der Waals surface area contributed by atoms with Crippen molar-refractivity contribution in [2.45, 2.75) is 33.1 Å². The Hall–Kier alpha value is -1.68. The van der Waals surface area contributed by atoms with Crippen LogP contribution in [0.5, 0.6) is 0 Å². The fourth-order valence-corrected chi connectivity index (χ4v) is 2.02. The molecule has 4 nitrogen and oxygen atoms in total. The van der Waals surface area contributed by atoms with Gasteiger partial charge in [0, 0.05) is 11.9 Å². The minimum Gasteiger partial charge on any atom is -0.330 e. The zero-order chi connectivity index (χ0) is 13.0. The highest BCUT2D eigenvalue weighted by Gasteiger charge is 2.08. The molecule has 0 saturated heterocycles. The van der Waals surface area contributed by atoms with Crippen molar-refractivity contribution in [1.29, 1.82) is 0 Å². The molecular weight excluding hydrogens is 224 g/mol. The number of aryl methyl sites for hydroxylation is 2. The van der Waals surface area contributed by atoms with E-state index in [9.17, 15) is 0 Å². The summed E-state index contributed by atoms with van der Waals surface area (Å²) >= 11 is 0. The van der Waals surface area contributed by atoms with Gasteiger partial charge in [-0.15, -0.1) is 0 Å². The maximum Gasteiger partial charge on any atom is 0.0834 e. The van der Waals surface area contributed by atoms with Gasteiger partial charge in [-0.25, -0.2) is 4.68 Å². The van der Waals surface area contributed by atoms with Crippen molar-refractivity contribution in [2.24, 2.45) is 5.73 Å². The van der Waals surface area contributed by atoms with E-state index >= 15 is 0 Å². The molecule has 0 amide bonds. The summed E-state index contributed by atoms with van der Waals surface area (Å²) in [7, 11) is 0. The lowest BCUT2D eigenvalue weighted by molar-refractivity contribution is 0.787. The Kier molecular flexibility index (Phi) is 4.10. The van der Waals surface area contributed by atoms with Gasteiger partial charge in [-0.2, -0.15) is 5.10 Å². The van der Waals surface area contributed by atoms with Crippen LogP contribution in [-0.4, -0.2) is 21.3 Å². The SMILES string of the molecule is CCc1cc(CC)n(-c2cncc(CCN)c2)n1. The largest absolute Gasteiger partial charge is 0.330 e. The van der Waals surface area contributed by atoms with E-state index in [1.165, 1.54) is 5.69 Å². The number of rotatable bonds is 5. The summed E-state index contributed by atoms with van der Waals surface area (Å²) in [5.41, 5.74) is 10.1. The van der Waals surface area contributed by atoms with Crippen LogP contribution in [0.1, 0.15) is 30.8 Å². The monoisotopic (exact) mass is 244 g/mol. The fourth-order valence-electron chi connectivity index (χ4n) is 2.02. The van der Waals surface area contributed by atoms with E-state index in [-0.39, 0.29) is 0 Å². The Bertz CT molecular complexity index is 516. The highest BCUT2D eigenvalue weighted by molar-refractivity contribution is 5.34. The summed E-state index contributed by atoms with van der Waals surface area (Å²) in [6.07, 6.45) is 6.49. The van der Waals surface area contributed by atoms with Crippen LogP contribution in [0.15, 0.2) is 24.5 Å². The summed E-state index contributed by atoms with van der Waals surface area (Å²) in [5, 5.41) is 4.62. The number of hydrogen-bond acceptors (Lipinski definition) is 3. The Morgan fingerprint density at radius 3 is 2.67 bits per heavy atom. The Balaban J connectivity index is 2.40. The molecule has 0 aliphatic rings. The van der Waals surface area contributed by atoms with Crippen LogP contribution in [-0.2, 0) is 19.3 Å². The molecule has 0 aliphatic heterocycles. The normalized spacial score (nSPS) is 10.8. The van der Waals surface area contributed by atoms with Gasteiger partial charge in [0.05, 0.1) is 17.6 Å². The molecule has 4 heteroatoms. The molecule has 0 spiro atoms. The van der Waals surface area contributed by atoms with Gasteiger partial charge in [0.25, 0.3) is 0 Å². The van der Waals surface area contributed by atoms with E-state index in [0.29, 0.717) is 6.54 Å². The number of nitrogens with two attached hydrogens (primary N) is 1. The van der Waals surface area contributed by atoms with Gasteiger partial charge in [-0.1, -0.05) is 13.8 Å². The van der Waals surface area contributed by atoms with E-state index < -0.39 is 0 Å². The number of hydrogen-bond donors (Lipinski definition) is 1. The minimum atomic E-state index is 0.644. The van der Waals surface area contributed by atoms with E-state index in [0.717, 1.165) is 36.2 Å². The Morgan fingerprint density at radius 1 is 1.17 bits per heavy atom. The van der Waals surface area contributed by atoms with Gasteiger partial charge in [-0.05, 0) is 43.5 Å². The molecular formula is C14H20N4. The first kappa shape index (κ1) is 12.8. The average molecular weight is 244 g/mol. The third-order valence-corrected chi connectivity index (χ3v) is 3.02. The summed E-state index contributed by atoms with van der Waals surface area (Å²) in [6, 6.07) is 4.28. The summed E-state index contributed by atoms with van der Waals surface area (Å²) in [5.74, 6) is 0. The van der Waals surface area contributed by atoms with Crippen LogP contribution >= 0.6 is 0 Å². The van der Waals surface area contributed by atoms with E-state index in [1.807, 2.05) is 17.1 Å². The van der Waals surface area contributed by atoms with Gasteiger partial charge in [-0.3, -0.25) is 4.98 Å². The van der Waals surface area contributed by atoms with Crippen molar-refractivity contribution in [3.05, 3.63) is 41.5 Å². The van der Waals surface area contributed by atoms with Crippen LogP contribution in [0.25, 0.3) is 5.69 Å². The third-order valence-electron chi connectivity index (χ3n) is 3.02. The second kappa shape index (κ2) is 5.78. The molecule has 0 fully saturated rings. The van der Waals surface area contributed by atoms with Gasteiger partial charge in [0.2, 0.25) is 0 Å². The topological polar surface area (TPSA) is 56.7 Å². The first-order valence-electron chi connectivity index (χ1n) is 6.50. The molecule has 0 aromatic carbocycles. The summed E-state index contributed by atoms with van der Waals surface area (Å²) < 4.78 is 1.99. The summed E-state index contributed by atoms with van der Waals surface area (Å²) in [6.45, 7) is 4.91. The standard InChI is InChI=1S/C14H20N4/c1-3-12-8-13(4-2)18(17-12)14-7-11(5-6-15)9-16-10-14/h7-10H,3-6,15H2,1-2H3. The van der Waals surface area contributed by atoms with Crippen LogP contribution in [0.3, 0.4) is 0 Å². The van der Waals surface area contributed by atoms with Crippen molar-refractivity contribution < 1.29 is 0 Å². The summed E-state index contributed by atoms with van der Waals surface area (Å²) in [4.78, 5) is 4.27. The van der Waals surface area contributed by atoms with E-state index in [1.54, 1.807) is 0 Å². The lowest BCUT2D eigenvalue weighted by Gasteiger charge is -2.07. The molecule has 2 rings (SSSR count). The lowest BCUT2D eigenvalue weighted by Crippen LogP contribution is -2.06. The highest BCUT2D eigenvalue weighted by Crippen LogP contribution is 2.14. The molecule has 0 aliphatic carbocycles. The van der Waals surface area contributed by atoms with E-state index in [2.05, 4.69) is 36.1 Å². The van der Waals surface area contributed by atoms with Gasteiger partial charge in [0.15, 0.2) is 0 Å². The molecule has 18 heavy (non-hydrogen) atoms. The molecule has 0 radical (unpaired) electrons. The van der Waals surface area contributed by atoms with Crippen molar-refractivity contribution in [2.75, 3.05) is 6.54 Å². The second-order valence-electron chi connectivity index (χ2n) is 4.34. The number of pyridine rings is 1. The lowest BCUT2D eigenvalue weighted by atomic mass is 10.2. The zero-order valence-corrected chi connectivity index (χ0v) is 11.1. The smallest absolute Gasteiger partial charge is 0.0834 e. The molecule has 2 aromatic heterocycles. The maximum atomic E-state index is 5.58. The molecule has 2 N–H and O–H groups in total.